The van der Waals surface area contributed by atoms with Crippen LogP contribution in [0.25, 0.3) is 0 Å². The van der Waals surface area contributed by atoms with Crippen LogP contribution in [-0.2, 0) is 9.47 Å². The summed E-state index contributed by atoms with van der Waals surface area (Å²) in [5.41, 5.74) is 0. The van der Waals surface area contributed by atoms with Crippen LogP contribution in [0, 0.1) is 0 Å². The van der Waals surface area contributed by atoms with Crippen molar-refractivity contribution in [2.45, 2.75) is 6.04 Å². The van der Waals surface area contributed by atoms with Gasteiger partial charge < -0.3 is 9.47 Å². The molecule has 1 aliphatic heterocycles. The number of nitrogens with zero attached hydrogens (tertiary/aromatic N) is 1. The van der Waals surface area contributed by atoms with Gasteiger partial charge in [0.2, 0.25) is 0 Å². The van der Waals surface area contributed by atoms with Gasteiger partial charge >= 0.3 is 0 Å². The van der Waals surface area contributed by atoms with Crippen molar-refractivity contribution in [3.63, 3.8) is 0 Å². The van der Waals surface area contributed by atoms with Gasteiger partial charge in [0.1, 0.15) is 0 Å². The molecule has 1 rings (SSSR count). The minimum Gasteiger partial charge on any atom is -0.383 e. The van der Waals surface area contributed by atoms with E-state index < -0.39 is 0 Å². The normalized spacial score (nSPS) is 24.0. The molecule has 0 amide bonds. The molecule has 13 heavy (non-hydrogen) atoms. The SMILES string of the molecule is COC[C@@H]1COCCN1CCCl.Cl. The zero-order chi connectivity index (χ0) is 8.81. The Kier molecular flexibility index (Phi) is 8.10. The third-order valence-electron chi connectivity index (χ3n) is 2.08. The summed E-state index contributed by atoms with van der Waals surface area (Å²) in [4.78, 5) is 2.32. The highest BCUT2D eigenvalue weighted by Crippen LogP contribution is 2.06. The standard InChI is InChI=1S/C8H16ClNO2.ClH/c1-11-6-8-7-12-5-4-10(8)3-2-9;/h8H,2-7H2,1H3;1H/t8-;/m1./s1. The monoisotopic (exact) mass is 229 g/mol. The lowest BCUT2D eigenvalue weighted by atomic mass is 10.2. The second kappa shape index (κ2) is 7.83. The van der Waals surface area contributed by atoms with Gasteiger partial charge in [0.25, 0.3) is 0 Å². The fourth-order valence-electron chi connectivity index (χ4n) is 1.44. The van der Waals surface area contributed by atoms with E-state index in [1.807, 2.05) is 0 Å². The van der Waals surface area contributed by atoms with Gasteiger partial charge in [-0.1, -0.05) is 0 Å². The minimum atomic E-state index is 0. The summed E-state index contributed by atoms with van der Waals surface area (Å²) >= 11 is 5.68. The molecule has 1 aliphatic rings. The maximum atomic E-state index is 5.68. The van der Waals surface area contributed by atoms with Gasteiger partial charge in [0.05, 0.1) is 25.9 Å². The van der Waals surface area contributed by atoms with Crippen LogP contribution in [0.4, 0.5) is 0 Å². The first-order valence-electron chi connectivity index (χ1n) is 4.25. The van der Waals surface area contributed by atoms with Crippen molar-refractivity contribution < 1.29 is 9.47 Å². The Labute approximate surface area is 90.7 Å². The number of hydrogen-bond donors (Lipinski definition) is 0. The van der Waals surface area contributed by atoms with E-state index in [2.05, 4.69) is 4.90 Å². The number of rotatable bonds is 4. The van der Waals surface area contributed by atoms with E-state index in [0.29, 0.717) is 11.9 Å². The minimum absolute atomic E-state index is 0. The Bertz CT molecular complexity index is 109. The highest BCUT2D eigenvalue weighted by atomic mass is 35.5. The van der Waals surface area contributed by atoms with Crippen molar-refractivity contribution in [2.75, 3.05) is 45.9 Å². The van der Waals surface area contributed by atoms with Gasteiger partial charge in [-0.05, 0) is 0 Å². The van der Waals surface area contributed by atoms with Crippen molar-refractivity contribution in [1.82, 2.24) is 4.90 Å². The van der Waals surface area contributed by atoms with E-state index in [9.17, 15) is 0 Å². The van der Waals surface area contributed by atoms with Gasteiger partial charge in [0, 0.05) is 26.1 Å². The lowest BCUT2D eigenvalue weighted by Gasteiger charge is -2.34. The zero-order valence-corrected chi connectivity index (χ0v) is 9.44. The molecule has 0 unspecified atom stereocenters. The van der Waals surface area contributed by atoms with Crippen LogP contribution >= 0.6 is 24.0 Å². The highest BCUT2D eigenvalue weighted by molar-refractivity contribution is 6.18. The van der Waals surface area contributed by atoms with Crippen LogP contribution in [0.1, 0.15) is 0 Å². The lowest BCUT2D eigenvalue weighted by Crippen LogP contribution is -2.48. The summed E-state index contributed by atoms with van der Waals surface area (Å²) in [5.74, 6) is 0.681. The molecule has 3 nitrogen and oxygen atoms in total. The Hall–Kier alpha value is 0.460. The molecule has 0 radical (unpaired) electrons. The number of alkyl halides is 1. The van der Waals surface area contributed by atoms with Crippen molar-refractivity contribution in [2.24, 2.45) is 0 Å². The maximum absolute atomic E-state index is 5.68. The molecule has 0 aromatic rings. The number of morpholine rings is 1. The molecule has 1 atom stereocenters. The van der Waals surface area contributed by atoms with Crippen LogP contribution in [0.5, 0.6) is 0 Å². The number of halogens is 2. The fourth-order valence-corrected chi connectivity index (χ4v) is 1.66. The third kappa shape index (κ3) is 4.47. The van der Waals surface area contributed by atoms with Crippen molar-refractivity contribution >= 4 is 24.0 Å². The molecule has 0 aromatic heterocycles. The first-order valence-corrected chi connectivity index (χ1v) is 4.78. The van der Waals surface area contributed by atoms with E-state index >= 15 is 0 Å². The van der Waals surface area contributed by atoms with E-state index in [1.165, 1.54) is 0 Å². The number of hydrogen-bond acceptors (Lipinski definition) is 3. The van der Waals surface area contributed by atoms with Gasteiger partial charge in [-0.3, -0.25) is 4.90 Å². The Balaban J connectivity index is 0.00000144. The molecular weight excluding hydrogens is 213 g/mol. The van der Waals surface area contributed by atoms with Crippen LogP contribution < -0.4 is 0 Å². The topological polar surface area (TPSA) is 21.7 Å². The van der Waals surface area contributed by atoms with Crippen LogP contribution in [0.2, 0.25) is 0 Å². The Morgan fingerprint density at radius 3 is 3.00 bits per heavy atom. The molecule has 0 aliphatic carbocycles. The molecule has 1 heterocycles. The number of ether oxygens (including phenoxy) is 2. The summed E-state index contributed by atoms with van der Waals surface area (Å²) in [6.45, 7) is 4.22. The fraction of sp³-hybridized carbons (Fsp3) is 1.00. The van der Waals surface area contributed by atoms with Crippen molar-refractivity contribution in [3.05, 3.63) is 0 Å². The molecule has 0 aromatic carbocycles. The summed E-state index contributed by atoms with van der Waals surface area (Å²) in [7, 11) is 1.72. The molecule has 1 saturated heterocycles. The summed E-state index contributed by atoms with van der Waals surface area (Å²) in [6, 6.07) is 0.391. The van der Waals surface area contributed by atoms with E-state index in [4.69, 9.17) is 21.1 Å². The molecule has 1 fully saturated rings. The van der Waals surface area contributed by atoms with Gasteiger partial charge in [-0.15, -0.1) is 24.0 Å². The van der Waals surface area contributed by atoms with Crippen LogP contribution in [0.15, 0.2) is 0 Å². The predicted octanol–water partition coefficient (Wildman–Crippen LogP) is 0.994. The first-order chi connectivity index (χ1) is 5.88. The van der Waals surface area contributed by atoms with Crippen LogP contribution in [-0.4, -0.2) is 56.8 Å². The smallest absolute Gasteiger partial charge is 0.0644 e. The van der Waals surface area contributed by atoms with Gasteiger partial charge in [-0.2, -0.15) is 0 Å². The average molecular weight is 230 g/mol. The molecule has 5 heteroatoms. The van der Waals surface area contributed by atoms with Crippen molar-refractivity contribution in [1.29, 1.82) is 0 Å². The zero-order valence-electron chi connectivity index (χ0n) is 7.87. The summed E-state index contributed by atoms with van der Waals surface area (Å²) in [6.07, 6.45) is 0. The molecule has 0 saturated carbocycles. The van der Waals surface area contributed by atoms with E-state index in [-0.39, 0.29) is 12.4 Å². The Morgan fingerprint density at radius 1 is 1.62 bits per heavy atom. The first kappa shape index (κ1) is 13.5. The quantitative estimate of drug-likeness (QED) is 0.672. The Morgan fingerprint density at radius 2 is 2.38 bits per heavy atom. The van der Waals surface area contributed by atoms with E-state index in [1.54, 1.807) is 7.11 Å². The summed E-state index contributed by atoms with van der Waals surface area (Å²) in [5, 5.41) is 0. The second-order valence-corrected chi connectivity index (χ2v) is 3.29. The van der Waals surface area contributed by atoms with Gasteiger partial charge in [-0.25, -0.2) is 0 Å². The lowest BCUT2D eigenvalue weighted by molar-refractivity contribution is -0.0322. The summed E-state index contributed by atoms with van der Waals surface area (Å²) < 4.78 is 10.4. The average Bonchev–Trinajstić information content (AvgIpc) is 2.09. The number of methoxy groups -OCH3 is 1. The van der Waals surface area contributed by atoms with Crippen molar-refractivity contribution in [3.8, 4) is 0 Å². The molecular formula is C8H17Cl2NO2. The molecule has 80 valence electrons. The second-order valence-electron chi connectivity index (χ2n) is 2.91. The highest BCUT2D eigenvalue weighted by Gasteiger charge is 2.21. The van der Waals surface area contributed by atoms with E-state index in [0.717, 1.165) is 32.9 Å². The van der Waals surface area contributed by atoms with Crippen LogP contribution in [0.3, 0.4) is 0 Å². The largest absolute Gasteiger partial charge is 0.383 e. The third-order valence-corrected chi connectivity index (χ3v) is 2.25. The maximum Gasteiger partial charge on any atom is 0.0644 e. The predicted molar refractivity (Wildman–Crippen MR) is 56.0 cm³/mol. The molecule has 0 spiro atoms. The molecule has 0 bridgehead atoms. The van der Waals surface area contributed by atoms with Gasteiger partial charge in [0.15, 0.2) is 0 Å². The molecule has 0 N–H and O–H groups in total.